The molecule has 71 heavy (non-hydrogen) atoms. The summed E-state index contributed by atoms with van der Waals surface area (Å²) in [6, 6.07) is 44.6. The first-order valence-electron chi connectivity index (χ1n) is 24.7. The standard InChI is InChI=1S/C31H33NO4.C25H25NO.C4H5ClO3/c1-4-7-11-21(5-2)20-32-27-16-14-23(29(33)22-12-9-8-10-13-22)18-25(27)26-19-24(15-17-28(26)32)30(34)31(35)36-6-3;1-3-18(4-2)17-26-23-13-9-8-12-21(23)22-16-20(14-15-24(22)26)25(27)19-10-6-5-7-11-19;1-2-8-4(7)3(5)6/h8-10,12-19,21H,4-7,11,20H2,1-3H3;5-16,18H,3-4,17H2,1-2H3;2H2,1H3. The number of carbonyl (C=O) groups excluding carboxylic acids is 6. The minimum absolute atomic E-state index is 0.0495. The fraction of sp³-hybridized carbons (Fsp3) is 0.300. The molecule has 0 fully saturated rings. The second-order valence-corrected chi connectivity index (χ2v) is 17.8. The highest BCUT2D eigenvalue weighted by Crippen LogP contribution is 2.34. The molecule has 1 unspecified atom stereocenters. The molecule has 0 saturated carbocycles. The summed E-state index contributed by atoms with van der Waals surface area (Å²) in [5, 5.41) is 3.06. The van der Waals surface area contributed by atoms with Crippen LogP contribution in [0.15, 0.2) is 140 Å². The van der Waals surface area contributed by atoms with Gasteiger partial charge in [-0.1, -0.05) is 139 Å². The SMILES string of the molecule is CCC(CC)Cn1c2ccccc2c2cc(C(=O)c3ccccc3)ccc21.CCCCC(CC)Cn1c2ccc(C(=O)C(=O)OCC)cc2c2cc(C(=O)c3ccccc3)ccc21.CCOC(=O)C(=O)Cl. The van der Waals surface area contributed by atoms with Gasteiger partial charge in [0.1, 0.15) is 0 Å². The number of halogens is 1. The highest BCUT2D eigenvalue weighted by molar-refractivity contribution is 6.80. The summed E-state index contributed by atoms with van der Waals surface area (Å²) in [7, 11) is 0. The lowest BCUT2D eigenvalue weighted by atomic mass is 9.99. The van der Waals surface area contributed by atoms with E-state index in [1.165, 1.54) is 41.1 Å². The summed E-state index contributed by atoms with van der Waals surface area (Å²) in [4.78, 5) is 70.7. The number of benzene rings is 6. The first-order chi connectivity index (χ1) is 34.4. The van der Waals surface area contributed by atoms with Crippen molar-refractivity contribution in [2.75, 3.05) is 13.2 Å². The maximum absolute atomic E-state index is 13.2. The van der Waals surface area contributed by atoms with Gasteiger partial charge in [-0.15, -0.1) is 0 Å². The van der Waals surface area contributed by atoms with E-state index in [0.717, 1.165) is 65.3 Å². The third-order valence-electron chi connectivity index (χ3n) is 13.0. The van der Waals surface area contributed by atoms with Crippen LogP contribution in [0.25, 0.3) is 43.6 Å². The van der Waals surface area contributed by atoms with E-state index in [9.17, 15) is 28.8 Å². The predicted octanol–water partition coefficient (Wildman–Crippen LogP) is 13.8. The molecule has 10 nitrogen and oxygen atoms in total. The Bertz CT molecular complexity index is 3150. The maximum Gasteiger partial charge on any atom is 0.391 e. The Labute approximate surface area is 420 Å². The Morgan fingerprint density at radius 2 is 0.859 bits per heavy atom. The van der Waals surface area contributed by atoms with E-state index in [1.54, 1.807) is 26.0 Å². The van der Waals surface area contributed by atoms with Gasteiger partial charge < -0.3 is 18.6 Å². The highest BCUT2D eigenvalue weighted by atomic mass is 35.5. The van der Waals surface area contributed by atoms with Crippen LogP contribution in [0.4, 0.5) is 0 Å². The van der Waals surface area contributed by atoms with E-state index >= 15 is 0 Å². The van der Waals surface area contributed by atoms with Crippen LogP contribution >= 0.6 is 11.6 Å². The number of ether oxygens (including phenoxy) is 2. The van der Waals surface area contributed by atoms with Crippen molar-refractivity contribution in [3.8, 4) is 0 Å². The van der Waals surface area contributed by atoms with Crippen LogP contribution in [0.3, 0.4) is 0 Å². The second-order valence-electron chi connectivity index (χ2n) is 17.5. The number of para-hydroxylation sites is 1. The molecule has 8 aromatic rings. The number of rotatable bonds is 19. The molecule has 2 heterocycles. The van der Waals surface area contributed by atoms with Crippen LogP contribution in [0, 0.1) is 11.8 Å². The molecule has 11 heteroatoms. The summed E-state index contributed by atoms with van der Waals surface area (Å²) < 4.78 is 13.8. The van der Waals surface area contributed by atoms with E-state index < -0.39 is 23.0 Å². The van der Waals surface area contributed by atoms with E-state index in [4.69, 9.17) is 16.3 Å². The van der Waals surface area contributed by atoms with Gasteiger partial charge in [0.25, 0.3) is 5.78 Å². The molecule has 0 saturated heterocycles. The van der Waals surface area contributed by atoms with Crippen LogP contribution < -0.4 is 0 Å². The average Bonchev–Trinajstić information content (AvgIpc) is 3.89. The predicted molar refractivity (Wildman–Crippen MR) is 284 cm³/mol. The molecule has 1 atom stereocenters. The third-order valence-corrected chi connectivity index (χ3v) is 13.1. The Morgan fingerprint density at radius 3 is 1.31 bits per heavy atom. The Balaban J connectivity index is 0.000000207. The Hall–Kier alpha value is -7.17. The first-order valence-corrected chi connectivity index (χ1v) is 25.1. The number of nitrogens with zero attached hydrogens (tertiary/aromatic N) is 2. The number of fused-ring (bicyclic) bond motifs is 6. The van der Waals surface area contributed by atoms with Crippen LogP contribution in [-0.2, 0) is 36.9 Å². The number of hydrogen-bond donors (Lipinski definition) is 0. The molecule has 0 radical (unpaired) electrons. The minimum atomic E-state index is -1.08. The second kappa shape index (κ2) is 25.6. The van der Waals surface area contributed by atoms with Crippen molar-refractivity contribution in [3.05, 3.63) is 167 Å². The summed E-state index contributed by atoms with van der Waals surface area (Å²) in [6.45, 7) is 14.4. The lowest BCUT2D eigenvalue weighted by Crippen LogP contribution is -2.17. The molecule has 0 N–H and O–H groups in total. The van der Waals surface area contributed by atoms with E-state index in [1.807, 2.05) is 91.0 Å². The van der Waals surface area contributed by atoms with Gasteiger partial charge in [0.05, 0.1) is 13.2 Å². The number of hydrogen-bond acceptors (Lipinski definition) is 8. The van der Waals surface area contributed by atoms with E-state index in [0.29, 0.717) is 23.0 Å². The molecule has 0 spiro atoms. The zero-order valence-electron chi connectivity index (χ0n) is 41.5. The van der Waals surface area contributed by atoms with Crippen LogP contribution in [0.2, 0.25) is 0 Å². The molecular formula is C60H63ClN2O8. The van der Waals surface area contributed by atoms with Crippen molar-refractivity contribution in [3.63, 3.8) is 0 Å². The van der Waals surface area contributed by atoms with Crippen molar-refractivity contribution < 1.29 is 38.2 Å². The molecule has 2 aromatic heterocycles. The smallest absolute Gasteiger partial charge is 0.391 e. The minimum Gasteiger partial charge on any atom is -0.460 e. The van der Waals surface area contributed by atoms with Gasteiger partial charge in [0, 0.05) is 84.5 Å². The number of unbranched alkanes of at least 4 members (excludes halogenated alkanes) is 1. The van der Waals surface area contributed by atoms with Crippen LogP contribution in [0.1, 0.15) is 122 Å². The Morgan fingerprint density at radius 1 is 0.451 bits per heavy atom. The molecular weight excluding hydrogens is 912 g/mol. The van der Waals surface area contributed by atoms with Crippen LogP contribution in [0.5, 0.6) is 0 Å². The van der Waals surface area contributed by atoms with Gasteiger partial charge in [-0.3, -0.25) is 19.2 Å². The van der Waals surface area contributed by atoms with E-state index in [-0.39, 0.29) is 30.3 Å². The monoisotopic (exact) mass is 974 g/mol. The molecule has 0 amide bonds. The van der Waals surface area contributed by atoms with Gasteiger partial charge in [-0.05, 0) is 104 Å². The maximum atomic E-state index is 13.2. The van der Waals surface area contributed by atoms with E-state index in [2.05, 4.69) is 78.0 Å². The average molecular weight is 976 g/mol. The topological polar surface area (TPSA) is 131 Å². The largest absolute Gasteiger partial charge is 0.460 e. The fourth-order valence-corrected chi connectivity index (χ4v) is 9.02. The first kappa shape index (κ1) is 53.2. The quantitative estimate of drug-likeness (QED) is 0.0339. The zero-order valence-corrected chi connectivity index (χ0v) is 42.3. The number of Topliss-reactive ketones (excluding diaryl/α,β-unsaturated/α-hetero) is 1. The third kappa shape index (κ3) is 12.8. The van der Waals surface area contributed by atoms with Gasteiger partial charge in [-0.25, -0.2) is 9.59 Å². The molecule has 0 bridgehead atoms. The number of carbonyl (C=O) groups is 6. The summed E-state index contributed by atoms with van der Waals surface area (Å²) >= 11 is 4.69. The fourth-order valence-electron chi connectivity index (χ4n) is 8.97. The van der Waals surface area contributed by atoms with Gasteiger partial charge in [0.2, 0.25) is 0 Å². The zero-order chi connectivity index (χ0) is 51.0. The summed E-state index contributed by atoms with van der Waals surface area (Å²) in [5.41, 5.74) is 7.47. The highest BCUT2D eigenvalue weighted by Gasteiger charge is 2.22. The molecule has 6 aromatic carbocycles. The molecule has 0 aliphatic heterocycles. The normalized spacial score (nSPS) is 11.4. The van der Waals surface area contributed by atoms with Crippen molar-refractivity contribution in [2.45, 2.75) is 93.2 Å². The molecule has 0 aliphatic carbocycles. The Kier molecular flexibility index (Phi) is 19.2. The van der Waals surface area contributed by atoms with Gasteiger partial charge >= 0.3 is 17.2 Å². The van der Waals surface area contributed by atoms with Crippen LogP contribution in [-0.4, -0.2) is 56.9 Å². The van der Waals surface area contributed by atoms with Gasteiger partial charge in [-0.2, -0.15) is 0 Å². The van der Waals surface area contributed by atoms with Crippen molar-refractivity contribution in [1.29, 1.82) is 0 Å². The lowest BCUT2D eigenvalue weighted by Gasteiger charge is -2.17. The molecule has 8 rings (SSSR count). The number of aromatic nitrogens is 2. The summed E-state index contributed by atoms with van der Waals surface area (Å²) in [6.07, 6.45) is 6.92. The number of ketones is 3. The van der Waals surface area contributed by atoms with Crippen molar-refractivity contribution in [2.24, 2.45) is 11.8 Å². The van der Waals surface area contributed by atoms with Crippen molar-refractivity contribution in [1.82, 2.24) is 9.13 Å². The number of esters is 2. The lowest BCUT2D eigenvalue weighted by molar-refractivity contribution is -0.149. The summed E-state index contributed by atoms with van der Waals surface area (Å²) in [5.74, 6) is -1.29. The molecule has 368 valence electrons. The molecule has 0 aliphatic rings. The van der Waals surface area contributed by atoms with Gasteiger partial charge in [0.15, 0.2) is 11.6 Å². The van der Waals surface area contributed by atoms with Crippen molar-refractivity contribution >= 4 is 89.7 Å².